The van der Waals surface area contributed by atoms with Gasteiger partial charge < -0.3 is 15.4 Å². The van der Waals surface area contributed by atoms with Gasteiger partial charge in [-0.15, -0.1) is 0 Å². The van der Waals surface area contributed by atoms with Crippen molar-refractivity contribution in [3.63, 3.8) is 0 Å². The quantitative estimate of drug-likeness (QED) is 0.764. The van der Waals surface area contributed by atoms with Crippen LogP contribution in [-0.2, 0) is 4.74 Å². The van der Waals surface area contributed by atoms with Crippen molar-refractivity contribution in [3.8, 4) is 0 Å². The van der Waals surface area contributed by atoms with E-state index >= 15 is 0 Å². The molecule has 0 radical (unpaired) electrons. The Hall–Kier alpha value is -0.810. The molecule has 0 bridgehead atoms. The molecule has 5 nitrogen and oxygen atoms in total. The van der Waals surface area contributed by atoms with Gasteiger partial charge in [0.25, 0.3) is 0 Å². The fourth-order valence-corrected chi connectivity index (χ4v) is 3.44. The Kier molecular flexibility index (Phi) is 7.30. The number of urea groups is 1. The third kappa shape index (κ3) is 5.83. The monoisotopic (exact) mass is 297 g/mol. The molecular weight excluding hydrogens is 266 g/mol. The fraction of sp³-hybridized carbons (Fsp3) is 0.938. The summed E-state index contributed by atoms with van der Waals surface area (Å²) < 4.78 is 5.86. The predicted molar refractivity (Wildman–Crippen MR) is 84.5 cm³/mol. The molecule has 0 spiro atoms. The second-order valence-electron chi connectivity index (χ2n) is 6.21. The van der Waals surface area contributed by atoms with E-state index < -0.39 is 0 Å². The smallest absolute Gasteiger partial charge is 0.314 e. The van der Waals surface area contributed by atoms with E-state index in [1.165, 1.54) is 38.5 Å². The van der Waals surface area contributed by atoms with Crippen LogP contribution in [0.15, 0.2) is 0 Å². The number of ether oxygens (including phenoxy) is 1. The minimum Gasteiger partial charge on any atom is -0.375 e. The van der Waals surface area contributed by atoms with Crippen LogP contribution in [-0.4, -0.2) is 55.9 Å². The number of hydrogen-bond acceptors (Lipinski definition) is 3. The highest BCUT2D eigenvalue weighted by atomic mass is 16.5. The molecular formula is C16H31N3O2. The number of morpholine rings is 1. The summed E-state index contributed by atoms with van der Waals surface area (Å²) in [6.07, 6.45) is 9.44. The zero-order valence-electron chi connectivity index (χ0n) is 13.4. The van der Waals surface area contributed by atoms with Gasteiger partial charge in [0.2, 0.25) is 0 Å². The highest BCUT2D eigenvalue weighted by molar-refractivity contribution is 5.73. The van der Waals surface area contributed by atoms with Gasteiger partial charge in [0, 0.05) is 32.2 Å². The van der Waals surface area contributed by atoms with Crippen LogP contribution in [0.1, 0.15) is 51.9 Å². The summed E-state index contributed by atoms with van der Waals surface area (Å²) in [6, 6.07) is 0.684. The molecule has 1 aliphatic carbocycles. The number of nitrogens with zero attached hydrogens (tertiary/aromatic N) is 1. The standard InChI is InChI=1S/C16H31N3O2/c1-2-17-16(20)18-10-9-15-13-19(11-12-21-15)14-7-5-3-4-6-8-14/h14-15H,2-13H2,1H3,(H2,17,18,20)/t15-/m0/s1. The first-order chi connectivity index (χ1) is 10.3. The number of nitrogens with one attached hydrogen (secondary N) is 2. The van der Waals surface area contributed by atoms with Crippen LogP contribution in [0.3, 0.4) is 0 Å². The van der Waals surface area contributed by atoms with Crippen molar-refractivity contribution in [1.82, 2.24) is 15.5 Å². The van der Waals surface area contributed by atoms with Crippen LogP contribution in [0.25, 0.3) is 0 Å². The number of amides is 2. The summed E-state index contributed by atoms with van der Waals surface area (Å²) in [5, 5.41) is 5.64. The second kappa shape index (κ2) is 9.26. The normalized spacial score (nSPS) is 25.3. The van der Waals surface area contributed by atoms with Crippen LogP contribution in [0, 0.1) is 0 Å². The highest BCUT2D eigenvalue weighted by Gasteiger charge is 2.26. The largest absolute Gasteiger partial charge is 0.375 e. The zero-order valence-corrected chi connectivity index (χ0v) is 13.4. The van der Waals surface area contributed by atoms with Gasteiger partial charge in [-0.25, -0.2) is 4.79 Å². The molecule has 1 saturated carbocycles. The molecule has 1 saturated heterocycles. The Morgan fingerprint density at radius 2 is 1.95 bits per heavy atom. The van der Waals surface area contributed by atoms with Gasteiger partial charge in [-0.1, -0.05) is 25.7 Å². The van der Waals surface area contributed by atoms with Crippen LogP contribution < -0.4 is 10.6 Å². The molecule has 21 heavy (non-hydrogen) atoms. The third-order valence-corrected chi connectivity index (χ3v) is 4.60. The predicted octanol–water partition coefficient (Wildman–Crippen LogP) is 2.12. The van der Waals surface area contributed by atoms with Gasteiger partial charge in [0.15, 0.2) is 0 Å². The Balaban J connectivity index is 1.68. The van der Waals surface area contributed by atoms with Crippen molar-refractivity contribution in [3.05, 3.63) is 0 Å². The lowest BCUT2D eigenvalue weighted by Gasteiger charge is -2.38. The van der Waals surface area contributed by atoms with Crippen LogP contribution in [0.5, 0.6) is 0 Å². The molecule has 0 aromatic carbocycles. The Labute approximate surface area is 128 Å². The van der Waals surface area contributed by atoms with E-state index in [1.807, 2.05) is 6.92 Å². The summed E-state index contributed by atoms with van der Waals surface area (Å²) in [5.74, 6) is 0. The summed E-state index contributed by atoms with van der Waals surface area (Å²) >= 11 is 0. The maximum atomic E-state index is 11.4. The number of rotatable bonds is 5. The first-order valence-electron chi connectivity index (χ1n) is 8.67. The van der Waals surface area contributed by atoms with Crippen molar-refractivity contribution in [2.24, 2.45) is 0 Å². The number of carbonyl (C=O) groups is 1. The van der Waals surface area contributed by atoms with E-state index in [9.17, 15) is 4.79 Å². The maximum absolute atomic E-state index is 11.4. The molecule has 0 aromatic heterocycles. The van der Waals surface area contributed by atoms with E-state index in [0.717, 1.165) is 32.2 Å². The minimum atomic E-state index is -0.0751. The molecule has 2 amide bonds. The van der Waals surface area contributed by atoms with Crippen LogP contribution >= 0.6 is 0 Å². The van der Waals surface area contributed by atoms with E-state index in [0.29, 0.717) is 13.1 Å². The first-order valence-corrected chi connectivity index (χ1v) is 8.67. The second-order valence-corrected chi connectivity index (χ2v) is 6.21. The maximum Gasteiger partial charge on any atom is 0.314 e. The van der Waals surface area contributed by atoms with Gasteiger partial charge in [-0.2, -0.15) is 0 Å². The summed E-state index contributed by atoms with van der Waals surface area (Å²) in [6.45, 7) is 6.22. The average Bonchev–Trinajstić information content (AvgIpc) is 2.77. The fourth-order valence-electron chi connectivity index (χ4n) is 3.44. The average molecular weight is 297 g/mol. The lowest BCUT2D eigenvalue weighted by molar-refractivity contribution is -0.0477. The Morgan fingerprint density at radius 3 is 2.67 bits per heavy atom. The lowest BCUT2D eigenvalue weighted by atomic mass is 10.1. The molecule has 122 valence electrons. The molecule has 0 unspecified atom stereocenters. The zero-order chi connectivity index (χ0) is 14.9. The molecule has 2 aliphatic rings. The van der Waals surface area contributed by atoms with Crippen molar-refractivity contribution >= 4 is 6.03 Å². The molecule has 1 aliphatic heterocycles. The Bertz CT molecular complexity index is 304. The van der Waals surface area contributed by atoms with Crippen molar-refractivity contribution in [2.45, 2.75) is 64.0 Å². The van der Waals surface area contributed by atoms with Gasteiger partial charge in [-0.3, -0.25) is 4.90 Å². The van der Waals surface area contributed by atoms with E-state index in [-0.39, 0.29) is 12.1 Å². The SMILES string of the molecule is CCNC(=O)NCC[C@H]1CN(C2CCCCCC2)CCO1. The Morgan fingerprint density at radius 1 is 1.19 bits per heavy atom. The first kappa shape index (κ1) is 16.6. The van der Waals surface area contributed by atoms with Gasteiger partial charge >= 0.3 is 6.03 Å². The van der Waals surface area contributed by atoms with Crippen LogP contribution in [0.2, 0.25) is 0 Å². The molecule has 2 N–H and O–H groups in total. The third-order valence-electron chi connectivity index (χ3n) is 4.60. The topological polar surface area (TPSA) is 53.6 Å². The minimum absolute atomic E-state index is 0.0751. The van der Waals surface area contributed by atoms with Crippen molar-refractivity contribution < 1.29 is 9.53 Å². The highest BCUT2D eigenvalue weighted by Crippen LogP contribution is 2.23. The van der Waals surface area contributed by atoms with Crippen LogP contribution in [0.4, 0.5) is 4.79 Å². The lowest BCUT2D eigenvalue weighted by Crippen LogP contribution is -2.48. The summed E-state index contributed by atoms with van der Waals surface area (Å²) in [7, 11) is 0. The van der Waals surface area contributed by atoms with E-state index in [4.69, 9.17) is 4.74 Å². The molecule has 5 heteroatoms. The van der Waals surface area contributed by atoms with Crippen molar-refractivity contribution in [1.29, 1.82) is 0 Å². The van der Waals surface area contributed by atoms with E-state index in [1.54, 1.807) is 0 Å². The molecule has 1 atom stereocenters. The van der Waals surface area contributed by atoms with Gasteiger partial charge in [0.1, 0.15) is 0 Å². The van der Waals surface area contributed by atoms with Gasteiger partial charge in [0.05, 0.1) is 12.7 Å². The van der Waals surface area contributed by atoms with E-state index in [2.05, 4.69) is 15.5 Å². The molecule has 0 aromatic rings. The summed E-state index contributed by atoms with van der Waals surface area (Å²) in [5.41, 5.74) is 0. The summed E-state index contributed by atoms with van der Waals surface area (Å²) in [4.78, 5) is 14.0. The van der Waals surface area contributed by atoms with Crippen molar-refractivity contribution in [2.75, 3.05) is 32.8 Å². The number of carbonyl (C=O) groups excluding carboxylic acids is 1. The molecule has 2 fully saturated rings. The number of hydrogen-bond donors (Lipinski definition) is 2. The molecule has 1 heterocycles. The molecule has 2 rings (SSSR count). The van der Waals surface area contributed by atoms with Gasteiger partial charge in [-0.05, 0) is 26.2 Å².